The molecule has 0 fully saturated rings. The summed E-state index contributed by atoms with van der Waals surface area (Å²) < 4.78 is 13.1. The molecule has 0 heterocycles. The van der Waals surface area contributed by atoms with Crippen molar-refractivity contribution in [3.8, 4) is 0 Å². The number of benzene rings is 2. The van der Waals surface area contributed by atoms with E-state index in [4.69, 9.17) is 5.73 Å². The summed E-state index contributed by atoms with van der Waals surface area (Å²) in [5.41, 5.74) is 6.32. The van der Waals surface area contributed by atoms with Crippen LogP contribution in [0.3, 0.4) is 0 Å². The van der Waals surface area contributed by atoms with Crippen molar-refractivity contribution in [1.29, 1.82) is 0 Å². The lowest BCUT2D eigenvalue weighted by Crippen LogP contribution is -1.99. The normalized spacial score (nSPS) is 10.4. The number of nitrogens with two attached hydrogens (primary N) is 1. The van der Waals surface area contributed by atoms with Crippen LogP contribution in [0.25, 0.3) is 0 Å². The molecule has 0 aliphatic heterocycles. The maximum absolute atomic E-state index is 13.1. The number of non-ortho nitro benzene ring substituents is 1. The summed E-state index contributed by atoms with van der Waals surface area (Å²) in [6.07, 6.45) is 0. The molecule has 6 heteroatoms. The molecule has 0 radical (unpaired) electrons. The van der Waals surface area contributed by atoms with E-state index >= 15 is 0 Å². The maximum Gasteiger partial charge on any atom is 0.269 e. The van der Waals surface area contributed by atoms with E-state index in [2.05, 4.69) is 0 Å². The molecule has 0 bridgehead atoms. The van der Waals surface area contributed by atoms with Crippen molar-refractivity contribution in [3.63, 3.8) is 0 Å². The first-order valence-corrected chi connectivity index (χ1v) is 6.32. The first kappa shape index (κ1) is 13.5. The Hall–Kier alpha value is -1.92. The third kappa shape index (κ3) is 3.30. The van der Waals surface area contributed by atoms with Gasteiger partial charge in [0.25, 0.3) is 5.69 Å². The van der Waals surface area contributed by atoms with Gasteiger partial charge in [-0.2, -0.15) is 0 Å². The molecular weight excluding hydrogens is 267 g/mol. The summed E-state index contributed by atoms with van der Waals surface area (Å²) in [4.78, 5) is 11.8. The molecule has 2 N–H and O–H groups in total. The standard InChI is InChI=1S/C13H11FN2O2S/c14-10-1-6-13(9(7-10)8-15)19-12-4-2-11(3-5-12)16(17)18/h1-7H,8,15H2. The smallest absolute Gasteiger partial charge is 0.269 e. The van der Waals surface area contributed by atoms with E-state index < -0.39 is 4.92 Å². The Balaban J connectivity index is 2.23. The highest BCUT2D eigenvalue weighted by atomic mass is 32.2. The Bertz CT molecular complexity index is 602. The minimum atomic E-state index is -0.447. The topological polar surface area (TPSA) is 69.2 Å². The second-order valence-electron chi connectivity index (χ2n) is 3.81. The fourth-order valence-corrected chi connectivity index (χ4v) is 2.51. The van der Waals surface area contributed by atoms with Crippen LogP contribution >= 0.6 is 11.8 Å². The van der Waals surface area contributed by atoms with Gasteiger partial charge in [-0.15, -0.1) is 0 Å². The van der Waals surface area contributed by atoms with Crippen LogP contribution in [-0.2, 0) is 6.54 Å². The van der Waals surface area contributed by atoms with Crippen LogP contribution in [-0.4, -0.2) is 4.92 Å². The van der Waals surface area contributed by atoms with E-state index in [1.54, 1.807) is 18.2 Å². The number of nitrogens with zero attached hydrogens (tertiary/aromatic N) is 1. The van der Waals surface area contributed by atoms with Crippen molar-refractivity contribution in [3.05, 3.63) is 64.0 Å². The zero-order valence-electron chi connectivity index (χ0n) is 9.88. The summed E-state index contributed by atoms with van der Waals surface area (Å²) in [5, 5.41) is 10.5. The first-order chi connectivity index (χ1) is 9.10. The van der Waals surface area contributed by atoms with Crippen LogP contribution in [0.4, 0.5) is 10.1 Å². The number of rotatable bonds is 4. The number of nitro groups is 1. The van der Waals surface area contributed by atoms with Gasteiger partial charge in [0.05, 0.1) is 4.92 Å². The van der Waals surface area contributed by atoms with Crippen LogP contribution in [0.2, 0.25) is 0 Å². The largest absolute Gasteiger partial charge is 0.326 e. The van der Waals surface area contributed by atoms with Gasteiger partial charge in [0, 0.05) is 28.5 Å². The Labute approximate surface area is 113 Å². The number of halogens is 1. The molecule has 4 nitrogen and oxygen atoms in total. The lowest BCUT2D eigenvalue weighted by atomic mass is 10.2. The Morgan fingerprint density at radius 1 is 1.21 bits per heavy atom. The molecule has 0 aliphatic carbocycles. The van der Waals surface area contributed by atoms with Gasteiger partial charge < -0.3 is 5.73 Å². The highest BCUT2D eigenvalue weighted by molar-refractivity contribution is 7.99. The van der Waals surface area contributed by atoms with Gasteiger partial charge in [0.2, 0.25) is 0 Å². The summed E-state index contributed by atoms with van der Waals surface area (Å²) >= 11 is 1.40. The number of hydrogen-bond acceptors (Lipinski definition) is 4. The molecule has 2 rings (SSSR count). The lowest BCUT2D eigenvalue weighted by molar-refractivity contribution is -0.384. The summed E-state index contributed by atoms with van der Waals surface area (Å²) in [6.45, 7) is 0.243. The van der Waals surface area contributed by atoms with Gasteiger partial charge in [-0.3, -0.25) is 10.1 Å². The summed E-state index contributed by atoms with van der Waals surface area (Å²) in [5.74, 6) is -0.325. The summed E-state index contributed by atoms with van der Waals surface area (Å²) in [7, 11) is 0. The predicted molar refractivity (Wildman–Crippen MR) is 71.5 cm³/mol. The molecule has 0 aliphatic rings. The van der Waals surface area contributed by atoms with E-state index in [1.807, 2.05) is 0 Å². The molecule has 98 valence electrons. The minimum absolute atomic E-state index is 0.0440. The highest BCUT2D eigenvalue weighted by Crippen LogP contribution is 2.31. The zero-order valence-corrected chi connectivity index (χ0v) is 10.7. The van der Waals surface area contributed by atoms with E-state index in [0.29, 0.717) is 5.56 Å². The lowest BCUT2D eigenvalue weighted by Gasteiger charge is -2.07. The van der Waals surface area contributed by atoms with Gasteiger partial charge in [-0.25, -0.2) is 4.39 Å². The second-order valence-corrected chi connectivity index (χ2v) is 4.92. The van der Waals surface area contributed by atoms with Crippen LogP contribution in [0.5, 0.6) is 0 Å². The minimum Gasteiger partial charge on any atom is -0.326 e. The van der Waals surface area contributed by atoms with Gasteiger partial charge in [0.1, 0.15) is 5.82 Å². The van der Waals surface area contributed by atoms with Gasteiger partial charge in [-0.05, 0) is 35.9 Å². The van der Waals surface area contributed by atoms with Crippen molar-refractivity contribution < 1.29 is 9.31 Å². The molecule has 2 aromatic rings. The van der Waals surface area contributed by atoms with Gasteiger partial charge >= 0.3 is 0 Å². The van der Waals surface area contributed by atoms with Crippen molar-refractivity contribution >= 4 is 17.4 Å². The summed E-state index contributed by atoms with van der Waals surface area (Å²) in [6, 6.07) is 10.6. The molecule has 2 aromatic carbocycles. The third-order valence-corrected chi connectivity index (χ3v) is 3.64. The quantitative estimate of drug-likeness (QED) is 0.688. The van der Waals surface area contributed by atoms with Crippen LogP contribution in [0, 0.1) is 15.9 Å². The van der Waals surface area contributed by atoms with E-state index in [1.165, 1.54) is 36.0 Å². The van der Waals surface area contributed by atoms with E-state index in [-0.39, 0.29) is 18.0 Å². The number of nitro benzene ring substituents is 1. The molecule has 0 atom stereocenters. The van der Waals surface area contributed by atoms with Gasteiger partial charge in [0.15, 0.2) is 0 Å². The highest BCUT2D eigenvalue weighted by Gasteiger charge is 2.07. The molecule has 0 unspecified atom stereocenters. The van der Waals surface area contributed by atoms with E-state index in [9.17, 15) is 14.5 Å². The van der Waals surface area contributed by atoms with Crippen molar-refractivity contribution in [1.82, 2.24) is 0 Å². The monoisotopic (exact) mass is 278 g/mol. The van der Waals surface area contributed by atoms with Crippen molar-refractivity contribution in [2.75, 3.05) is 0 Å². The SMILES string of the molecule is NCc1cc(F)ccc1Sc1ccc([N+](=O)[O-])cc1. The third-order valence-electron chi connectivity index (χ3n) is 2.52. The van der Waals surface area contributed by atoms with Crippen LogP contribution in [0.1, 0.15) is 5.56 Å². The predicted octanol–water partition coefficient (Wildman–Crippen LogP) is 3.34. The Morgan fingerprint density at radius 2 is 1.89 bits per heavy atom. The Kier molecular flexibility index (Phi) is 4.13. The molecule has 19 heavy (non-hydrogen) atoms. The van der Waals surface area contributed by atoms with Crippen LogP contribution in [0.15, 0.2) is 52.3 Å². The fourth-order valence-electron chi connectivity index (χ4n) is 1.57. The van der Waals surface area contributed by atoms with Crippen molar-refractivity contribution in [2.24, 2.45) is 5.73 Å². The molecule has 0 amide bonds. The fraction of sp³-hybridized carbons (Fsp3) is 0.0769. The molecule has 0 saturated heterocycles. The Morgan fingerprint density at radius 3 is 2.47 bits per heavy atom. The molecule has 0 aromatic heterocycles. The average molecular weight is 278 g/mol. The molecular formula is C13H11FN2O2S. The zero-order chi connectivity index (χ0) is 13.8. The molecule has 0 saturated carbocycles. The van der Waals surface area contributed by atoms with Gasteiger partial charge in [-0.1, -0.05) is 11.8 Å². The first-order valence-electron chi connectivity index (χ1n) is 5.51. The van der Waals surface area contributed by atoms with Crippen LogP contribution < -0.4 is 5.73 Å². The molecule has 0 spiro atoms. The van der Waals surface area contributed by atoms with Crippen molar-refractivity contribution in [2.45, 2.75) is 16.3 Å². The number of hydrogen-bond donors (Lipinski definition) is 1. The second kappa shape index (κ2) is 5.81. The maximum atomic E-state index is 13.1. The average Bonchev–Trinajstić information content (AvgIpc) is 2.41. The van der Waals surface area contributed by atoms with E-state index in [0.717, 1.165) is 9.79 Å².